The fraction of sp³-hybridized carbons (Fsp3) is 0.368. The van der Waals surface area contributed by atoms with Crippen molar-refractivity contribution >= 4 is 0 Å². The Morgan fingerprint density at radius 3 is 2.00 bits per heavy atom. The van der Waals surface area contributed by atoms with Gasteiger partial charge in [0.1, 0.15) is 0 Å². The zero-order valence-corrected chi connectivity index (χ0v) is 12.3. The molecule has 21 heavy (non-hydrogen) atoms. The second-order valence-corrected chi connectivity index (χ2v) is 5.90. The van der Waals surface area contributed by atoms with Crippen molar-refractivity contribution in [2.24, 2.45) is 5.92 Å². The molecule has 2 heteroatoms. The molecular formula is C19H23NO. The Morgan fingerprint density at radius 2 is 1.48 bits per heavy atom. The van der Waals surface area contributed by atoms with E-state index in [2.05, 4.69) is 66.0 Å². The van der Waals surface area contributed by atoms with E-state index in [1.807, 2.05) is 0 Å². The molecule has 0 aliphatic heterocycles. The highest BCUT2D eigenvalue weighted by atomic mass is 16.3. The van der Waals surface area contributed by atoms with Gasteiger partial charge in [0.2, 0.25) is 0 Å². The average molecular weight is 281 g/mol. The van der Waals surface area contributed by atoms with Crippen LogP contribution in [0.3, 0.4) is 0 Å². The number of hydrogen-bond acceptors (Lipinski definition) is 2. The Bertz CT molecular complexity index is 501. The largest absolute Gasteiger partial charge is 0.396 e. The van der Waals surface area contributed by atoms with E-state index in [4.69, 9.17) is 0 Å². The van der Waals surface area contributed by atoms with Crippen LogP contribution in [0.4, 0.5) is 0 Å². The van der Waals surface area contributed by atoms with E-state index in [9.17, 15) is 5.11 Å². The highest BCUT2D eigenvalue weighted by Gasteiger charge is 2.29. The fourth-order valence-electron chi connectivity index (χ4n) is 3.36. The van der Waals surface area contributed by atoms with Crippen molar-refractivity contribution in [1.29, 1.82) is 0 Å². The van der Waals surface area contributed by atoms with E-state index in [1.54, 1.807) is 0 Å². The molecule has 0 aromatic heterocycles. The van der Waals surface area contributed by atoms with Crippen LogP contribution in [0.2, 0.25) is 0 Å². The minimum atomic E-state index is 0.199. The number of rotatable bonds is 5. The molecule has 1 saturated carbocycles. The highest BCUT2D eigenvalue weighted by Crippen LogP contribution is 2.30. The van der Waals surface area contributed by atoms with Gasteiger partial charge in [0, 0.05) is 12.6 Å². The predicted octanol–water partition coefficient (Wildman–Crippen LogP) is 3.53. The Hall–Kier alpha value is -1.64. The van der Waals surface area contributed by atoms with Gasteiger partial charge in [-0.25, -0.2) is 0 Å². The first-order valence-electron chi connectivity index (χ1n) is 7.85. The van der Waals surface area contributed by atoms with Crippen LogP contribution >= 0.6 is 0 Å². The van der Waals surface area contributed by atoms with Gasteiger partial charge in [0.05, 0.1) is 6.04 Å². The summed E-state index contributed by atoms with van der Waals surface area (Å²) in [5, 5.41) is 13.3. The maximum Gasteiger partial charge on any atom is 0.0578 e. The summed E-state index contributed by atoms with van der Waals surface area (Å²) in [6.07, 6.45) is 3.49. The van der Waals surface area contributed by atoms with E-state index >= 15 is 0 Å². The van der Waals surface area contributed by atoms with E-state index in [1.165, 1.54) is 17.5 Å². The zero-order valence-electron chi connectivity index (χ0n) is 12.3. The van der Waals surface area contributed by atoms with Crippen molar-refractivity contribution in [2.45, 2.75) is 31.3 Å². The van der Waals surface area contributed by atoms with Crippen molar-refractivity contribution < 1.29 is 5.11 Å². The van der Waals surface area contributed by atoms with Crippen molar-refractivity contribution in [3.05, 3.63) is 71.8 Å². The second-order valence-electron chi connectivity index (χ2n) is 5.90. The summed E-state index contributed by atoms with van der Waals surface area (Å²) in [5.74, 6) is 0.389. The van der Waals surface area contributed by atoms with Crippen LogP contribution in [0.1, 0.15) is 36.4 Å². The number of nitrogens with one attached hydrogen (secondary N) is 1. The molecule has 1 aliphatic rings. The smallest absolute Gasteiger partial charge is 0.0578 e. The molecule has 2 N–H and O–H groups in total. The molecular weight excluding hydrogens is 258 g/mol. The number of benzene rings is 2. The van der Waals surface area contributed by atoms with Crippen LogP contribution in [0.5, 0.6) is 0 Å². The molecule has 2 aromatic carbocycles. The van der Waals surface area contributed by atoms with Gasteiger partial charge in [-0.3, -0.25) is 0 Å². The first-order valence-corrected chi connectivity index (χ1v) is 7.85. The normalized spacial score (nSPS) is 21.8. The lowest BCUT2D eigenvalue weighted by molar-refractivity contribution is 0.202. The lowest BCUT2D eigenvalue weighted by atomic mass is 9.95. The molecule has 1 fully saturated rings. The summed E-state index contributed by atoms with van der Waals surface area (Å²) in [7, 11) is 0. The fourth-order valence-corrected chi connectivity index (χ4v) is 3.36. The predicted molar refractivity (Wildman–Crippen MR) is 86.1 cm³/mol. The molecule has 0 bridgehead atoms. The van der Waals surface area contributed by atoms with Crippen LogP contribution < -0.4 is 5.32 Å². The molecule has 110 valence electrons. The Labute approximate surface area is 126 Å². The summed E-state index contributed by atoms with van der Waals surface area (Å²) in [6.45, 7) is 0.286. The van der Waals surface area contributed by atoms with Gasteiger partial charge in [-0.2, -0.15) is 0 Å². The second kappa shape index (κ2) is 6.88. The third kappa shape index (κ3) is 3.34. The van der Waals surface area contributed by atoms with Crippen molar-refractivity contribution in [3.8, 4) is 0 Å². The maximum absolute atomic E-state index is 9.55. The molecule has 0 heterocycles. The van der Waals surface area contributed by atoms with Crippen molar-refractivity contribution in [3.63, 3.8) is 0 Å². The molecule has 2 unspecified atom stereocenters. The summed E-state index contributed by atoms with van der Waals surface area (Å²) in [6, 6.07) is 21.8. The lowest BCUT2D eigenvalue weighted by Gasteiger charge is -2.27. The van der Waals surface area contributed by atoms with Gasteiger partial charge in [-0.15, -0.1) is 0 Å². The van der Waals surface area contributed by atoms with Crippen LogP contribution in [0.25, 0.3) is 0 Å². The number of hydrogen-bond donors (Lipinski definition) is 2. The Balaban J connectivity index is 1.86. The summed E-state index contributed by atoms with van der Waals surface area (Å²) >= 11 is 0. The monoisotopic (exact) mass is 281 g/mol. The molecule has 2 atom stereocenters. The maximum atomic E-state index is 9.55. The topological polar surface area (TPSA) is 32.3 Å². The van der Waals surface area contributed by atoms with Gasteiger partial charge >= 0.3 is 0 Å². The highest BCUT2D eigenvalue weighted by molar-refractivity contribution is 5.31. The molecule has 1 aliphatic carbocycles. The van der Waals surface area contributed by atoms with E-state index < -0.39 is 0 Å². The zero-order chi connectivity index (χ0) is 14.5. The first kappa shape index (κ1) is 14.3. The van der Waals surface area contributed by atoms with E-state index in [0.29, 0.717) is 12.0 Å². The molecule has 0 spiro atoms. The number of aliphatic hydroxyl groups is 1. The van der Waals surface area contributed by atoms with Crippen LogP contribution in [0.15, 0.2) is 60.7 Å². The Morgan fingerprint density at radius 1 is 0.905 bits per heavy atom. The van der Waals surface area contributed by atoms with Crippen LogP contribution in [0, 0.1) is 5.92 Å². The SMILES string of the molecule is OCC1CCCC1NC(c1ccccc1)c1ccccc1. The first-order chi connectivity index (χ1) is 10.4. The molecule has 0 saturated heterocycles. The standard InChI is InChI=1S/C19H23NO/c21-14-17-12-7-13-18(17)20-19(15-8-3-1-4-9-15)16-10-5-2-6-11-16/h1-6,8-11,17-21H,7,12-14H2. The molecule has 0 amide bonds. The molecule has 3 rings (SSSR count). The van der Waals surface area contributed by atoms with E-state index in [0.717, 1.165) is 12.8 Å². The summed E-state index contributed by atoms with van der Waals surface area (Å²) in [5.41, 5.74) is 2.57. The van der Waals surface area contributed by atoms with Crippen LogP contribution in [-0.4, -0.2) is 17.8 Å². The van der Waals surface area contributed by atoms with Gasteiger partial charge < -0.3 is 10.4 Å². The third-order valence-corrected chi connectivity index (χ3v) is 4.54. The molecule has 2 nitrogen and oxygen atoms in total. The molecule has 0 radical (unpaired) electrons. The molecule has 2 aromatic rings. The van der Waals surface area contributed by atoms with Crippen molar-refractivity contribution in [1.82, 2.24) is 5.32 Å². The van der Waals surface area contributed by atoms with Crippen LogP contribution in [-0.2, 0) is 0 Å². The summed E-state index contributed by atoms with van der Waals surface area (Å²) < 4.78 is 0. The Kier molecular flexibility index (Phi) is 4.69. The van der Waals surface area contributed by atoms with Gasteiger partial charge in [0.15, 0.2) is 0 Å². The van der Waals surface area contributed by atoms with Gasteiger partial charge in [-0.1, -0.05) is 67.1 Å². The summed E-state index contributed by atoms with van der Waals surface area (Å²) in [4.78, 5) is 0. The average Bonchev–Trinajstić information content (AvgIpc) is 3.01. The lowest BCUT2D eigenvalue weighted by Crippen LogP contribution is -2.37. The minimum Gasteiger partial charge on any atom is -0.396 e. The van der Waals surface area contributed by atoms with E-state index in [-0.39, 0.29) is 12.6 Å². The third-order valence-electron chi connectivity index (χ3n) is 4.54. The van der Waals surface area contributed by atoms with Gasteiger partial charge in [-0.05, 0) is 29.9 Å². The van der Waals surface area contributed by atoms with Crippen molar-refractivity contribution in [2.75, 3.05) is 6.61 Å². The van der Waals surface area contributed by atoms with Gasteiger partial charge in [0.25, 0.3) is 0 Å². The number of aliphatic hydroxyl groups excluding tert-OH is 1. The minimum absolute atomic E-state index is 0.199. The quantitative estimate of drug-likeness (QED) is 0.879.